The average Bonchev–Trinajstić information content (AvgIpc) is 3.06. The highest BCUT2D eigenvalue weighted by molar-refractivity contribution is 5.13. The van der Waals surface area contributed by atoms with E-state index in [2.05, 4.69) is 15.0 Å². The standard InChI is InChI=1S/C18H21N5O4/c1-12-9-23(18(25)21-17(12)24)16-7-14(8-20-22-19)15(27-16)11-26-10-13-5-3-2-4-6-13/h2-6,9,14-16H,7-8,10-11H2,1H3,(H,21,24,25)/t14-,15-,16-/m1/s1. The summed E-state index contributed by atoms with van der Waals surface area (Å²) in [6.07, 6.45) is 1.12. The van der Waals surface area contributed by atoms with Gasteiger partial charge in [-0.25, -0.2) is 4.79 Å². The van der Waals surface area contributed by atoms with E-state index in [9.17, 15) is 9.59 Å². The number of H-pyrrole nitrogens is 1. The minimum Gasteiger partial charge on any atom is -0.374 e. The number of hydrogen-bond acceptors (Lipinski definition) is 5. The summed E-state index contributed by atoms with van der Waals surface area (Å²) in [5.41, 5.74) is 9.16. The van der Waals surface area contributed by atoms with Gasteiger partial charge in [0.2, 0.25) is 0 Å². The predicted molar refractivity (Wildman–Crippen MR) is 98.2 cm³/mol. The lowest BCUT2D eigenvalue weighted by Crippen LogP contribution is -2.33. The molecule has 1 saturated heterocycles. The van der Waals surface area contributed by atoms with E-state index in [0.29, 0.717) is 25.2 Å². The smallest absolute Gasteiger partial charge is 0.330 e. The van der Waals surface area contributed by atoms with E-state index < -0.39 is 17.5 Å². The molecule has 1 aliphatic heterocycles. The van der Waals surface area contributed by atoms with Crippen LogP contribution in [0.1, 0.15) is 23.8 Å². The van der Waals surface area contributed by atoms with Crippen LogP contribution in [0.2, 0.25) is 0 Å². The number of nitrogens with one attached hydrogen (secondary N) is 1. The Morgan fingerprint density at radius 3 is 2.89 bits per heavy atom. The minimum absolute atomic E-state index is 0.0826. The van der Waals surface area contributed by atoms with Crippen LogP contribution in [-0.4, -0.2) is 28.8 Å². The van der Waals surface area contributed by atoms with Crippen LogP contribution in [0, 0.1) is 12.8 Å². The summed E-state index contributed by atoms with van der Waals surface area (Å²) in [5.74, 6) is -0.0826. The molecule has 0 radical (unpaired) electrons. The molecular formula is C18H21N5O4. The molecule has 0 unspecified atom stereocenters. The van der Waals surface area contributed by atoms with Crippen molar-refractivity contribution < 1.29 is 9.47 Å². The van der Waals surface area contributed by atoms with E-state index in [0.717, 1.165) is 5.56 Å². The van der Waals surface area contributed by atoms with Gasteiger partial charge in [0.25, 0.3) is 5.56 Å². The monoisotopic (exact) mass is 371 g/mol. The Morgan fingerprint density at radius 1 is 1.37 bits per heavy atom. The number of benzene rings is 1. The van der Waals surface area contributed by atoms with Crippen molar-refractivity contribution >= 4 is 0 Å². The van der Waals surface area contributed by atoms with Gasteiger partial charge in [0, 0.05) is 23.2 Å². The normalized spacial score (nSPS) is 21.7. The SMILES string of the molecule is Cc1cn([C@H]2C[C@H](CN=[N+]=[N-])[C@@H](COCc3ccccc3)O2)c(=O)[nH]c1=O. The molecule has 0 bridgehead atoms. The fourth-order valence-corrected chi connectivity index (χ4v) is 3.13. The number of hydrogen-bond donors (Lipinski definition) is 1. The first-order chi connectivity index (χ1) is 13.1. The molecule has 1 aromatic heterocycles. The van der Waals surface area contributed by atoms with Crippen molar-refractivity contribution in [1.29, 1.82) is 0 Å². The maximum absolute atomic E-state index is 12.1. The lowest BCUT2D eigenvalue weighted by atomic mass is 10.0. The van der Waals surface area contributed by atoms with Crippen LogP contribution in [0.4, 0.5) is 0 Å². The van der Waals surface area contributed by atoms with Crippen molar-refractivity contribution in [2.24, 2.45) is 11.0 Å². The average molecular weight is 371 g/mol. The molecule has 27 heavy (non-hydrogen) atoms. The second kappa shape index (κ2) is 8.68. The molecule has 2 heterocycles. The third-order valence-corrected chi connectivity index (χ3v) is 4.59. The third kappa shape index (κ3) is 4.65. The van der Waals surface area contributed by atoms with Gasteiger partial charge in [-0.1, -0.05) is 35.4 Å². The number of aromatic nitrogens is 2. The summed E-state index contributed by atoms with van der Waals surface area (Å²) >= 11 is 0. The van der Waals surface area contributed by atoms with E-state index >= 15 is 0 Å². The molecule has 0 aliphatic carbocycles. The maximum Gasteiger partial charge on any atom is 0.330 e. The van der Waals surface area contributed by atoms with Crippen molar-refractivity contribution in [3.8, 4) is 0 Å². The van der Waals surface area contributed by atoms with Gasteiger partial charge < -0.3 is 9.47 Å². The molecule has 1 aliphatic rings. The first-order valence-electron chi connectivity index (χ1n) is 8.68. The summed E-state index contributed by atoms with van der Waals surface area (Å²) in [6, 6.07) is 9.76. The highest BCUT2D eigenvalue weighted by Gasteiger charge is 2.36. The van der Waals surface area contributed by atoms with E-state index in [1.165, 1.54) is 10.8 Å². The van der Waals surface area contributed by atoms with Gasteiger partial charge in [-0.3, -0.25) is 14.3 Å². The summed E-state index contributed by atoms with van der Waals surface area (Å²) in [5, 5.41) is 3.65. The Hall–Kier alpha value is -2.87. The van der Waals surface area contributed by atoms with Crippen LogP contribution in [0.15, 0.2) is 51.2 Å². The molecule has 1 N–H and O–H groups in total. The largest absolute Gasteiger partial charge is 0.374 e. The molecule has 0 amide bonds. The first kappa shape index (κ1) is 18.9. The zero-order valence-corrected chi connectivity index (χ0v) is 14.9. The van der Waals surface area contributed by atoms with E-state index in [-0.39, 0.29) is 18.6 Å². The van der Waals surface area contributed by atoms with Crippen LogP contribution in [0.3, 0.4) is 0 Å². The lowest BCUT2D eigenvalue weighted by molar-refractivity contribution is -0.0538. The fraction of sp³-hybridized carbons (Fsp3) is 0.444. The van der Waals surface area contributed by atoms with Gasteiger partial charge in [0.1, 0.15) is 6.23 Å². The Labute approximate surface area is 155 Å². The Bertz CT molecular complexity index is 933. The summed E-state index contributed by atoms with van der Waals surface area (Å²) in [7, 11) is 0. The first-order valence-corrected chi connectivity index (χ1v) is 8.68. The molecule has 0 saturated carbocycles. The Morgan fingerprint density at radius 2 is 2.15 bits per heavy atom. The van der Waals surface area contributed by atoms with Gasteiger partial charge in [-0.15, -0.1) is 0 Å². The van der Waals surface area contributed by atoms with E-state index in [4.69, 9.17) is 15.0 Å². The summed E-state index contributed by atoms with van der Waals surface area (Å²) < 4.78 is 13.1. The Kier molecular flexibility index (Phi) is 6.08. The maximum atomic E-state index is 12.1. The summed E-state index contributed by atoms with van der Waals surface area (Å²) in [4.78, 5) is 28.8. The fourth-order valence-electron chi connectivity index (χ4n) is 3.13. The molecule has 0 spiro atoms. The lowest BCUT2D eigenvalue weighted by Gasteiger charge is -2.18. The number of rotatable bonds is 7. The molecular weight excluding hydrogens is 350 g/mol. The van der Waals surface area contributed by atoms with Crippen molar-refractivity contribution in [2.45, 2.75) is 32.3 Å². The van der Waals surface area contributed by atoms with Gasteiger partial charge in [0.15, 0.2) is 0 Å². The number of azide groups is 1. The molecule has 3 rings (SSSR count). The molecule has 3 atom stereocenters. The van der Waals surface area contributed by atoms with Crippen molar-refractivity contribution in [2.75, 3.05) is 13.2 Å². The van der Waals surface area contributed by atoms with Gasteiger partial charge in [-0.2, -0.15) is 0 Å². The number of aryl methyl sites for hydroxylation is 1. The second-order valence-corrected chi connectivity index (χ2v) is 6.52. The number of aromatic amines is 1. The van der Waals surface area contributed by atoms with Crippen LogP contribution in [-0.2, 0) is 16.1 Å². The quantitative estimate of drug-likeness (QED) is 0.456. The zero-order chi connectivity index (χ0) is 19.2. The zero-order valence-electron chi connectivity index (χ0n) is 14.9. The van der Waals surface area contributed by atoms with Crippen molar-refractivity contribution in [3.05, 3.63) is 78.9 Å². The minimum atomic E-state index is -0.544. The molecule has 9 nitrogen and oxygen atoms in total. The molecule has 2 aromatic rings. The molecule has 1 aromatic carbocycles. The van der Waals surface area contributed by atoms with E-state index in [1.807, 2.05) is 30.3 Å². The van der Waals surface area contributed by atoms with Gasteiger partial charge in [0.05, 0.1) is 19.3 Å². The van der Waals surface area contributed by atoms with Crippen molar-refractivity contribution in [3.63, 3.8) is 0 Å². The third-order valence-electron chi connectivity index (χ3n) is 4.59. The predicted octanol–water partition coefficient (Wildman–Crippen LogP) is 2.28. The van der Waals surface area contributed by atoms with Crippen LogP contribution in [0.25, 0.3) is 10.4 Å². The van der Waals surface area contributed by atoms with Crippen LogP contribution in [0.5, 0.6) is 0 Å². The van der Waals surface area contributed by atoms with Crippen LogP contribution >= 0.6 is 0 Å². The number of nitrogens with zero attached hydrogens (tertiary/aromatic N) is 4. The highest BCUT2D eigenvalue weighted by atomic mass is 16.6. The van der Waals surface area contributed by atoms with Gasteiger partial charge in [-0.05, 0) is 30.4 Å². The van der Waals surface area contributed by atoms with E-state index in [1.54, 1.807) is 6.92 Å². The topological polar surface area (TPSA) is 122 Å². The number of ether oxygens (including phenoxy) is 2. The van der Waals surface area contributed by atoms with Gasteiger partial charge >= 0.3 is 5.69 Å². The Balaban J connectivity index is 1.70. The van der Waals surface area contributed by atoms with Crippen molar-refractivity contribution in [1.82, 2.24) is 9.55 Å². The van der Waals surface area contributed by atoms with Crippen LogP contribution < -0.4 is 11.2 Å². The highest BCUT2D eigenvalue weighted by Crippen LogP contribution is 2.33. The molecule has 9 heteroatoms. The molecule has 1 fully saturated rings. The molecule has 142 valence electrons. The summed E-state index contributed by atoms with van der Waals surface area (Å²) in [6.45, 7) is 2.64. The second-order valence-electron chi connectivity index (χ2n) is 6.52.